The van der Waals surface area contributed by atoms with Crippen LogP contribution in [0, 0.1) is 6.92 Å². The Balaban J connectivity index is 1.29. The molecule has 4 rings (SSSR count). The maximum atomic E-state index is 12.3. The molecule has 0 spiro atoms. The number of benzene rings is 2. The molecule has 2 heterocycles. The first-order valence-electron chi connectivity index (χ1n) is 8.92. The number of thiazole rings is 1. The van der Waals surface area contributed by atoms with Crippen LogP contribution in [-0.4, -0.2) is 31.1 Å². The Hall–Kier alpha value is -3.59. The zero-order chi connectivity index (χ0) is 20.1. The molecule has 0 unspecified atom stereocenters. The minimum atomic E-state index is -0.128. The number of carbonyl (C=O) groups is 1. The van der Waals surface area contributed by atoms with E-state index in [4.69, 9.17) is 4.74 Å². The maximum Gasteiger partial charge on any atom is 0.230 e. The molecule has 0 fully saturated rings. The summed E-state index contributed by atoms with van der Waals surface area (Å²) in [6, 6.07) is 15.1. The molecule has 1 amide bonds. The number of amides is 1. The van der Waals surface area contributed by atoms with Crippen molar-refractivity contribution in [2.24, 2.45) is 0 Å². The third-order valence-corrected chi connectivity index (χ3v) is 4.96. The summed E-state index contributed by atoms with van der Waals surface area (Å²) in [5, 5.41) is 16.6. The topological polar surface area (TPSA) is 94.8 Å². The Morgan fingerprint density at radius 1 is 1.14 bits per heavy atom. The molecule has 0 atom stereocenters. The number of nitrogens with one attached hydrogen (secondary N) is 1. The number of tetrazole rings is 1. The lowest BCUT2D eigenvalue weighted by atomic mass is 10.2. The van der Waals surface area contributed by atoms with Crippen molar-refractivity contribution in [2.75, 3.05) is 5.32 Å². The van der Waals surface area contributed by atoms with E-state index in [1.54, 1.807) is 16.8 Å². The highest BCUT2D eigenvalue weighted by molar-refractivity contribution is 7.09. The molecular weight excluding hydrogens is 388 g/mol. The number of hydrogen-bond donors (Lipinski definition) is 1. The molecule has 0 bridgehead atoms. The van der Waals surface area contributed by atoms with Crippen molar-refractivity contribution in [2.45, 2.75) is 20.0 Å². The Labute approximate surface area is 171 Å². The van der Waals surface area contributed by atoms with Crippen LogP contribution in [0.2, 0.25) is 0 Å². The largest absolute Gasteiger partial charge is 0.486 e. The second-order valence-electron chi connectivity index (χ2n) is 6.36. The molecule has 0 saturated heterocycles. The summed E-state index contributed by atoms with van der Waals surface area (Å²) < 4.78 is 7.28. The summed E-state index contributed by atoms with van der Waals surface area (Å²) in [5.74, 6) is 0.673. The lowest BCUT2D eigenvalue weighted by molar-refractivity contribution is -0.115. The van der Waals surface area contributed by atoms with Crippen molar-refractivity contribution in [1.29, 1.82) is 0 Å². The van der Waals surface area contributed by atoms with Gasteiger partial charge in [0.15, 0.2) is 0 Å². The summed E-state index contributed by atoms with van der Waals surface area (Å²) in [6.07, 6.45) is 1.71. The van der Waals surface area contributed by atoms with Crippen LogP contribution in [0.3, 0.4) is 0 Å². The number of aromatic nitrogens is 5. The van der Waals surface area contributed by atoms with E-state index < -0.39 is 0 Å². The number of carbonyl (C=O) groups excluding carboxylic acids is 1. The summed E-state index contributed by atoms with van der Waals surface area (Å²) in [6.45, 7) is 2.42. The van der Waals surface area contributed by atoms with Gasteiger partial charge in [0.25, 0.3) is 0 Å². The fourth-order valence-electron chi connectivity index (χ4n) is 2.62. The predicted octanol–water partition coefficient (Wildman–Crippen LogP) is 3.19. The SMILES string of the molecule is Cc1ccc(OCc2nc(CC(=O)Nc3ccc(-n4cnnn4)cc3)cs2)cc1. The molecular formula is C20H18N6O2S. The zero-order valence-electron chi connectivity index (χ0n) is 15.6. The van der Waals surface area contributed by atoms with Gasteiger partial charge in [-0.2, -0.15) is 0 Å². The van der Waals surface area contributed by atoms with Gasteiger partial charge in [-0.05, 0) is 53.7 Å². The van der Waals surface area contributed by atoms with Crippen LogP contribution >= 0.6 is 11.3 Å². The Bertz CT molecular complexity index is 1080. The molecule has 29 heavy (non-hydrogen) atoms. The van der Waals surface area contributed by atoms with Crippen molar-refractivity contribution in [3.05, 3.63) is 76.5 Å². The minimum absolute atomic E-state index is 0.128. The van der Waals surface area contributed by atoms with E-state index in [0.29, 0.717) is 12.3 Å². The minimum Gasteiger partial charge on any atom is -0.486 e. The van der Waals surface area contributed by atoms with Gasteiger partial charge in [0.1, 0.15) is 23.7 Å². The van der Waals surface area contributed by atoms with Gasteiger partial charge in [-0.1, -0.05) is 17.7 Å². The lowest BCUT2D eigenvalue weighted by Crippen LogP contribution is -2.14. The molecule has 0 radical (unpaired) electrons. The second kappa shape index (κ2) is 8.61. The Morgan fingerprint density at radius 2 is 1.93 bits per heavy atom. The quantitative estimate of drug-likeness (QED) is 0.506. The van der Waals surface area contributed by atoms with Crippen molar-refractivity contribution >= 4 is 22.9 Å². The van der Waals surface area contributed by atoms with Crippen LogP contribution in [0.1, 0.15) is 16.3 Å². The number of anilines is 1. The van der Waals surface area contributed by atoms with Crippen molar-refractivity contribution in [3.63, 3.8) is 0 Å². The van der Waals surface area contributed by atoms with E-state index in [2.05, 4.69) is 25.8 Å². The first kappa shape index (κ1) is 18.8. The Morgan fingerprint density at radius 3 is 2.66 bits per heavy atom. The van der Waals surface area contributed by atoms with E-state index >= 15 is 0 Å². The van der Waals surface area contributed by atoms with E-state index in [1.165, 1.54) is 23.2 Å². The van der Waals surface area contributed by atoms with Gasteiger partial charge in [-0.25, -0.2) is 9.67 Å². The first-order chi connectivity index (χ1) is 14.2. The number of hydrogen-bond acceptors (Lipinski definition) is 7. The van der Waals surface area contributed by atoms with Crippen LogP contribution in [-0.2, 0) is 17.8 Å². The van der Waals surface area contributed by atoms with Gasteiger partial charge in [0.05, 0.1) is 17.8 Å². The Kier molecular flexibility index (Phi) is 5.57. The van der Waals surface area contributed by atoms with E-state index in [-0.39, 0.29) is 12.3 Å². The van der Waals surface area contributed by atoms with Crippen molar-refractivity contribution < 1.29 is 9.53 Å². The average molecular weight is 406 g/mol. The molecule has 0 aliphatic heterocycles. The molecule has 0 aliphatic rings. The second-order valence-corrected chi connectivity index (χ2v) is 7.30. The van der Waals surface area contributed by atoms with Crippen LogP contribution in [0.25, 0.3) is 5.69 Å². The lowest BCUT2D eigenvalue weighted by Gasteiger charge is -2.05. The fourth-order valence-corrected chi connectivity index (χ4v) is 3.33. The van der Waals surface area contributed by atoms with Gasteiger partial charge in [0, 0.05) is 11.1 Å². The smallest absolute Gasteiger partial charge is 0.230 e. The standard InChI is InChI=1S/C20H18N6O2S/c1-14-2-8-18(9-3-14)28-11-20-23-16(12-29-20)10-19(27)22-15-4-6-17(7-5-15)26-13-21-24-25-26/h2-9,12-13H,10-11H2,1H3,(H,22,27). The summed E-state index contributed by atoms with van der Waals surface area (Å²) in [5.41, 5.74) is 3.42. The molecule has 9 heteroatoms. The van der Waals surface area contributed by atoms with Crippen molar-refractivity contribution in [1.82, 2.24) is 25.2 Å². The van der Waals surface area contributed by atoms with Crippen molar-refractivity contribution in [3.8, 4) is 11.4 Å². The van der Waals surface area contributed by atoms with Crippen LogP contribution < -0.4 is 10.1 Å². The molecule has 4 aromatic rings. The maximum absolute atomic E-state index is 12.3. The molecule has 8 nitrogen and oxygen atoms in total. The number of ether oxygens (including phenoxy) is 1. The zero-order valence-corrected chi connectivity index (χ0v) is 16.5. The molecule has 1 N–H and O–H groups in total. The fraction of sp³-hybridized carbons (Fsp3) is 0.150. The molecule has 0 aliphatic carbocycles. The predicted molar refractivity (Wildman–Crippen MR) is 109 cm³/mol. The van der Waals surface area contributed by atoms with Gasteiger partial charge < -0.3 is 10.1 Å². The van der Waals surface area contributed by atoms with E-state index in [1.807, 2.05) is 48.7 Å². The highest BCUT2D eigenvalue weighted by Crippen LogP contribution is 2.17. The molecule has 2 aromatic carbocycles. The number of aryl methyl sites for hydroxylation is 1. The monoisotopic (exact) mass is 406 g/mol. The van der Waals surface area contributed by atoms with Crippen LogP contribution in [0.5, 0.6) is 5.75 Å². The normalized spacial score (nSPS) is 10.7. The summed E-state index contributed by atoms with van der Waals surface area (Å²) in [4.78, 5) is 16.8. The summed E-state index contributed by atoms with van der Waals surface area (Å²) in [7, 11) is 0. The average Bonchev–Trinajstić information content (AvgIpc) is 3.40. The third-order valence-electron chi connectivity index (χ3n) is 4.09. The highest BCUT2D eigenvalue weighted by atomic mass is 32.1. The molecule has 2 aromatic heterocycles. The summed E-state index contributed by atoms with van der Waals surface area (Å²) >= 11 is 1.48. The molecule has 146 valence electrons. The molecule has 0 saturated carbocycles. The van der Waals surface area contributed by atoms with E-state index in [9.17, 15) is 4.79 Å². The van der Waals surface area contributed by atoms with Gasteiger partial charge in [-0.15, -0.1) is 16.4 Å². The highest BCUT2D eigenvalue weighted by Gasteiger charge is 2.09. The van der Waals surface area contributed by atoms with Crippen LogP contribution in [0.4, 0.5) is 5.69 Å². The first-order valence-corrected chi connectivity index (χ1v) is 9.80. The number of rotatable bonds is 7. The van der Waals surface area contributed by atoms with Gasteiger partial charge in [0.2, 0.25) is 5.91 Å². The number of nitrogens with zero attached hydrogens (tertiary/aromatic N) is 5. The third kappa shape index (κ3) is 5.02. The van der Waals surface area contributed by atoms with E-state index in [0.717, 1.165) is 22.1 Å². The van der Waals surface area contributed by atoms with Gasteiger partial charge >= 0.3 is 0 Å². The van der Waals surface area contributed by atoms with Gasteiger partial charge in [-0.3, -0.25) is 4.79 Å². The van der Waals surface area contributed by atoms with Crippen LogP contribution in [0.15, 0.2) is 60.2 Å².